The first-order valence-electron chi connectivity index (χ1n) is 16.1. The molecule has 2 amide bonds. The van der Waals surface area contributed by atoms with Crippen molar-refractivity contribution in [2.45, 2.75) is 88.8 Å². The molecule has 0 spiro atoms. The number of nitrogens with one attached hydrogen (secondary N) is 1. The van der Waals surface area contributed by atoms with Crippen LogP contribution in [-0.4, -0.2) is 81.2 Å². The summed E-state index contributed by atoms with van der Waals surface area (Å²) in [4.78, 5) is 41.0. The van der Waals surface area contributed by atoms with Crippen molar-refractivity contribution in [2.75, 3.05) is 24.5 Å². The van der Waals surface area contributed by atoms with Crippen LogP contribution in [0.15, 0.2) is 53.4 Å². The maximum Gasteiger partial charge on any atom is 0.421 e. The molecule has 2 atom stereocenters. The second-order valence-corrected chi connectivity index (χ2v) is 15.5. The van der Waals surface area contributed by atoms with Crippen LogP contribution >= 0.6 is 0 Å². The fourth-order valence-corrected chi connectivity index (χ4v) is 7.82. The van der Waals surface area contributed by atoms with E-state index in [4.69, 9.17) is 4.74 Å². The van der Waals surface area contributed by atoms with Gasteiger partial charge < -0.3 is 15.2 Å². The number of imide groups is 1. The quantitative estimate of drug-likeness (QED) is 0.336. The number of benzene rings is 2. The van der Waals surface area contributed by atoms with Crippen LogP contribution in [-0.2, 0) is 36.3 Å². The van der Waals surface area contributed by atoms with E-state index in [1.165, 1.54) is 15.9 Å². The minimum absolute atomic E-state index is 0.0766. The van der Waals surface area contributed by atoms with Gasteiger partial charge in [-0.1, -0.05) is 29.8 Å². The van der Waals surface area contributed by atoms with E-state index in [2.05, 4.69) is 20.8 Å². The number of hydrogen-bond acceptors (Lipinski definition) is 10. The summed E-state index contributed by atoms with van der Waals surface area (Å²) in [6, 6.07) is 12.3. The summed E-state index contributed by atoms with van der Waals surface area (Å²) >= 11 is 0. The van der Waals surface area contributed by atoms with Gasteiger partial charge in [0, 0.05) is 18.9 Å². The van der Waals surface area contributed by atoms with Crippen LogP contribution < -0.4 is 10.2 Å². The zero-order valence-corrected chi connectivity index (χ0v) is 28.7. The standard InChI is InChI=1S/C33H43N7O7S/c1-22-8-14-26(15-9-22)48(45,46)38-20-6-7-27(38)28-35-36-37-40(28)33(5,30(42)43)21-23-10-12-25(13-11-23)39(31(44)47-32(2,3)4)29(41)24-16-18-34-19-17-24/h8-15,24,27,34H,6-7,16-21H2,1-5H3,(H,42,43)/t27-,33?/m0/s1. The molecule has 0 radical (unpaired) electrons. The lowest BCUT2D eigenvalue weighted by atomic mass is 9.92. The molecule has 48 heavy (non-hydrogen) atoms. The lowest BCUT2D eigenvalue weighted by Crippen LogP contribution is -2.46. The predicted octanol–water partition coefficient (Wildman–Crippen LogP) is 3.82. The Morgan fingerprint density at radius 2 is 1.65 bits per heavy atom. The molecule has 258 valence electrons. The van der Waals surface area contributed by atoms with E-state index in [0.29, 0.717) is 50.0 Å². The highest BCUT2D eigenvalue weighted by molar-refractivity contribution is 7.89. The van der Waals surface area contributed by atoms with Crippen LogP contribution in [0.3, 0.4) is 0 Å². The number of hydrogen-bond donors (Lipinski definition) is 2. The Hall–Kier alpha value is -4.21. The summed E-state index contributed by atoms with van der Waals surface area (Å²) in [5.41, 5.74) is -0.742. The molecule has 3 heterocycles. The molecule has 1 unspecified atom stereocenters. The van der Waals surface area contributed by atoms with E-state index in [0.717, 1.165) is 10.5 Å². The highest BCUT2D eigenvalue weighted by Gasteiger charge is 2.45. The SMILES string of the molecule is Cc1ccc(S(=O)(=O)N2CCC[C@H]2c2nnnn2C(C)(Cc2ccc(N(C(=O)OC(C)(C)C)C(=O)C3CCNCC3)cc2)C(=O)O)cc1. The number of carboxylic acids is 1. The summed E-state index contributed by atoms with van der Waals surface area (Å²) in [5, 5.41) is 25.7. The number of anilines is 1. The fraction of sp³-hybridized carbons (Fsp3) is 0.515. The van der Waals surface area contributed by atoms with Crippen molar-refractivity contribution in [3.8, 4) is 0 Å². The van der Waals surface area contributed by atoms with Gasteiger partial charge in [0.25, 0.3) is 0 Å². The Balaban J connectivity index is 1.43. The zero-order chi connectivity index (χ0) is 34.9. The highest BCUT2D eigenvalue weighted by Crippen LogP contribution is 2.38. The maximum atomic E-state index is 13.7. The average Bonchev–Trinajstić information content (AvgIpc) is 3.72. The second kappa shape index (κ2) is 13.7. The van der Waals surface area contributed by atoms with E-state index >= 15 is 0 Å². The van der Waals surface area contributed by atoms with Gasteiger partial charge in [-0.2, -0.15) is 4.31 Å². The van der Waals surface area contributed by atoms with E-state index in [9.17, 15) is 27.9 Å². The van der Waals surface area contributed by atoms with Crippen LogP contribution in [0.5, 0.6) is 0 Å². The summed E-state index contributed by atoms with van der Waals surface area (Å²) in [6.45, 7) is 10.1. The third kappa shape index (κ3) is 7.27. The van der Waals surface area contributed by atoms with Crippen molar-refractivity contribution in [3.63, 3.8) is 0 Å². The molecule has 5 rings (SSSR count). The van der Waals surface area contributed by atoms with E-state index in [1.807, 2.05) is 6.92 Å². The average molecular weight is 682 g/mol. The van der Waals surface area contributed by atoms with E-state index < -0.39 is 39.3 Å². The molecule has 2 aliphatic rings. The Bertz CT molecular complexity index is 1750. The van der Waals surface area contributed by atoms with E-state index in [-0.39, 0.29) is 35.5 Å². The van der Waals surface area contributed by atoms with Crippen molar-refractivity contribution in [3.05, 3.63) is 65.5 Å². The van der Waals surface area contributed by atoms with Gasteiger partial charge in [-0.05, 0) is 114 Å². The van der Waals surface area contributed by atoms with Crippen LogP contribution in [0.2, 0.25) is 0 Å². The molecule has 14 nitrogen and oxygen atoms in total. The van der Waals surface area contributed by atoms with Gasteiger partial charge in [-0.15, -0.1) is 5.10 Å². The third-order valence-electron chi connectivity index (χ3n) is 8.78. The number of piperidine rings is 1. The van der Waals surface area contributed by atoms with Crippen LogP contribution in [0.4, 0.5) is 10.5 Å². The van der Waals surface area contributed by atoms with Gasteiger partial charge >= 0.3 is 12.1 Å². The molecule has 1 aromatic heterocycles. The Morgan fingerprint density at radius 3 is 2.25 bits per heavy atom. The number of rotatable bonds is 9. The Morgan fingerprint density at radius 1 is 1.00 bits per heavy atom. The van der Waals surface area contributed by atoms with Crippen molar-refractivity contribution in [1.82, 2.24) is 29.8 Å². The number of aliphatic carboxylic acids is 1. The fourth-order valence-electron chi connectivity index (χ4n) is 6.17. The van der Waals surface area contributed by atoms with Crippen LogP contribution in [0, 0.1) is 12.8 Å². The first kappa shape index (κ1) is 35.1. The predicted molar refractivity (Wildman–Crippen MR) is 176 cm³/mol. The molecule has 3 aromatic rings. The molecule has 2 saturated heterocycles. The molecule has 15 heteroatoms. The van der Waals surface area contributed by atoms with Crippen LogP contribution in [0.25, 0.3) is 0 Å². The van der Waals surface area contributed by atoms with Gasteiger partial charge in [0.2, 0.25) is 15.9 Å². The molecular formula is C33H43N7O7S. The summed E-state index contributed by atoms with van der Waals surface area (Å²) in [7, 11) is -3.92. The molecule has 2 fully saturated rings. The third-order valence-corrected chi connectivity index (χ3v) is 10.7. The number of nitrogens with zero attached hydrogens (tertiary/aromatic N) is 6. The summed E-state index contributed by atoms with van der Waals surface area (Å²) in [5.74, 6) is -1.79. The molecule has 0 aliphatic carbocycles. The van der Waals surface area contributed by atoms with Crippen molar-refractivity contribution >= 4 is 33.7 Å². The topological polar surface area (TPSA) is 177 Å². The normalized spacial score (nSPS) is 19.1. The lowest BCUT2D eigenvalue weighted by molar-refractivity contribution is -0.147. The molecule has 0 saturated carbocycles. The van der Waals surface area contributed by atoms with Gasteiger partial charge in [0.05, 0.1) is 16.6 Å². The Kier molecular flexibility index (Phi) is 10.0. The number of carbonyl (C=O) groups excluding carboxylic acids is 2. The smallest absolute Gasteiger partial charge is 0.421 e. The monoisotopic (exact) mass is 681 g/mol. The molecule has 2 aromatic carbocycles. The van der Waals surface area contributed by atoms with Gasteiger partial charge in [0.1, 0.15) is 5.60 Å². The zero-order valence-electron chi connectivity index (χ0n) is 27.9. The van der Waals surface area contributed by atoms with Crippen molar-refractivity contribution < 1.29 is 32.6 Å². The van der Waals surface area contributed by atoms with E-state index in [1.54, 1.807) is 69.3 Å². The van der Waals surface area contributed by atoms with Crippen LogP contribution in [0.1, 0.15) is 76.4 Å². The first-order chi connectivity index (χ1) is 22.6. The molecule has 2 aliphatic heterocycles. The van der Waals surface area contributed by atoms with Gasteiger partial charge in [-0.3, -0.25) is 4.79 Å². The number of tetrazole rings is 1. The van der Waals surface area contributed by atoms with Gasteiger partial charge in [0.15, 0.2) is 11.4 Å². The minimum Gasteiger partial charge on any atom is -0.479 e. The number of amides is 2. The number of ether oxygens (including phenoxy) is 1. The summed E-state index contributed by atoms with van der Waals surface area (Å²) < 4.78 is 35.5. The second-order valence-electron chi connectivity index (χ2n) is 13.6. The summed E-state index contributed by atoms with van der Waals surface area (Å²) in [6.07, 6.45) is 1.29. The molecule has 0 bridgehead atoms. The number of carbonyl (C=O) groups is 3. The molecule has 2 N–H and O–H groups in total. The van der Waals surface area contributed by atoms with Crippen molar-refractivity contribution in [1.29, 1.82) is 0 Å². The highest BCUT2D eigenvalue weighted by atomic mass is 32.2. The lowest BCUT2D eigenvalue weighted by Gasteiger charge is -2.31. The number of carboxylic acid groups (broad SMARTS) is 1. The number of sulfonamides is 1. The number of aromatic nitrogens is 4. The van der Waals surface area contributed by atoms with Crippen molar-refractivity contribution in [2.24, 2.45) is 5.92 Å². The first-order valence-corrected chi connectivity index (χ1v) is 17.5. The van der Waals surface area contributed by atoms with Gasteiger partial charge in [-0.25, -0.2) is 27.6 Å². The molecular weight excluding hydrogens is 638 g/mol. The Labute approximate surface area is 280 Å². The largest absolute Gasteiger partial charge is 0.479 e. The minimum atomic E-state index is -3.92. The maximum absolute atomic E-state index is 13.7. The number of aryl methyl sites for hydroxylation is 1.